The second kappa shape index (κ2) is 5.99. The van der Waals surface area contributed by atoms with Crippen LogP contribution in [0.4, 0.5) is 0 Å². The largest absolute Gasteiger partial charge is 0.338 e. The summed E-state index contributed by atoms with van der Waals surface area (Å²) in [6.45, 7) is 2.00. The van der Waals surface area contributed by atoms with E-state index in [1.807, 2.05) is 37.3 Å². The Kier molecular flexibility index (Phi) is 3.89. The van der Waals surface area contributed by atoms with Gasteiger partial charge in [-0.25, -0.2) is 5.43 Å². The van der Waals surface area contributed by atoms with Gasteiger partial charge in [0.25, 0.3) is 11.8 Å². The van der Waals surface area contributed by atoms with E-state index in [1.54, 1.807) is 24.3 Å². The molecule has 5 nitrogen and oxygen atoms in total. The Bertz CT molecular complexity index is 683. The molecule has 0 spiro atoms. The highest BCUT2D eigenvalue weighted by atomic mass is 16.2. The Balaban J connectivity index is 1.79. The SMILES string of the molecule is Cc1ccc([C@H]2NNC(=O)[C@@H]2NC(=O)c2ccccc2)cc1. The molecule has 2 aromatic carbocycles. The van der Waals surface area contributed by atoms with Gasteiger partial charge in [-0.2, -0.15) is 0 Å². The number of aryl methyl sites for hydroxylation is 1. The van der Waals surface area contributed by atoms with Gasteiger partial charge in [0.1, 0.15) is 6.04 Å². The molecular weight excluding hydrogens is 278 g/mol. The molecule has 2 aromatic rings. The van der Waals surface area contributed by atoms with Crippen LogP contribution in [0.3, 0.4) is 0 Å². The lowest BCUT2D eigenvalue weighted by Gasteiger charge is -2.18. The summed E-state index contributed by atoms with van der Waals surface area (Å²) >= 11 is 0. The third-order valence-corrected chi connectivity index (χ3v) is 3.73. The first-order valence-corrected chi connectivity index (χ1v) is 7.13. The molecule has 0 bridgehead atoms. The highest BCUT2D eigenvalue weighted by Crippen LogP contribution is 2.21. The zero-order valence-electron chi connectivity index (χ0n) is 12.2. The molecule has 1 heterocycles. The summed E-state index contributed by atoms with van der Waals surface area (Å²) in [7, 11) is 0. The number of nitrogens with one attached hydrogen (secondary N) is 3. The first kappa shape index (κ1) is 14.3. The molecule has 0 saturated carbocycles. The summed E-state index contributed by atoms with van der Waals surface area (Å²) in [5, 5.41) is 2.79. The van der Waals surface area contributed by atoms with Gasteiger partial charge in [0.05, 0.1) is 6.04 Å². The predicted molar refractivity (Wildman–Crippen MR) is 82.9 cm³/mol. The number of amides is 2. The van der Waals surface area contributed by atoms with Crippen LogP contribution in [-0.2, 0) is 4.79 Å². The smallest absolute Gasteiger partial charge is 0.258 e. The lowest BCUT2D eigenvalue weighted by atomic mass is 9.99. The number of hydrogen-bond donors (Lipinski definition) is 3. The van der Waals surface area contributed by atoms with Crippen molar-refractivity contribution in [1.29, 1.82) is 0 Å². The van der Waals surface area contributed by atoms with Crippen LogP contribution in [0.5, 0.6) is 0 Å². The van der Waals surface area contributed by atoms with E-state index in [1.165, 1.54) is 0 Å². The van der Waals surface area contributed by atoms with Crippen molar-refractivity contribution in [1.82, 2.24) is 16.2 Å². The van der Waals surface area contributed by atoms with E-state index >= 15 is 0 Å². The van der Waals surface area contributed by atoms with Crippen LogP contribution in [0, 0.1) is 6.92 Å². The summed E-state index contributed by atoms with van der Waals surface area (Å²) in [4.78, 5) is 24.3. The van der Waals surface area contributed by atoms with E-state index in [0.717, 1.165) is 11.1 Å². The van der Waals surface area contributed by atoms with Crippen LogP contribution < -0.4 is 16.2 Å². The lowest BCUT2D eigenvalue weighted by Crippen LogP contribution is -2.42. The zero-order valence-corrected chi connectivity index (χ0v) is 12.2. The van der Waals surface area contributed by atoms with Crippen LogP contribution in [0.1, 0.15) is 27.5 Å². The molecule has 22 heavy (non-hydrogen) atoms. The van der Waals surface area contributed by atoms with Gasteiger partial charge in [-0.05, 0) is 24.6 Å². The molecule has 2 amide bonds. The second-order valence-electron chi connectivity index (χ2n) is 5.34. The number of carbonyl (C=O) groups is 2. The normalized spacial score (nSPS) is 20.5. The summed E-state index contributed by atoms with van der Waals surface area (Å²) in [5.74, 6) is -0.503. The minimum absolute atomic E-state index is 0.241. The summed E-state index contributed by atoms with van der Waals surface area (Å²) in [5.41, 5.74) is 8.14. The summed E-state index contributed by atoms with van der Waals surface area (Å²) in [6, 6.07) is 15.8. The van der Waals surface area contributed by atoms with Gasteiger partial charge in [0, 0.05) is 5.56 Å². The predicted octanol–water partition coefficient (Wildman–Crippen LogP) is 1.47. The molecular formula is C17H17N3O2. The van der Waals surface area contributed by atoms with Crippen molar-refractivity contribution in [3.63, 3.8) is 0 Å². The lowest BCUT2D eigenvalue weighted by molar-refractivity contribution is -0.121. The van der Waals surface area contributed by atoms with Crippen molar-refractivity contribution >= 4 is 11.8 Å². The van der Waals surface area contributed by atoms with Gasteiger partial charge in [-0.1, -0.05) is 48.0 Å². The minimum atomic E-state index is -0.643. The van der Waals surface area contributed by atoms with E-state index in [-0.39, 0.29) is 17.9 Å². The average molecular weight is 295 g/mol. The molecule has 3 rings (SSSR count). The monoisotopic (exact) mass is 295 g/mol. The van der Waals surface area contributed by atoms with Gasteiger partial charge < -0.3 is 5.32 Å². The molecule has 1 aliphatic rings. The number of benzene rings is 2. The molecule has 1 aliphatic heterocycles. The molecule has 0 radical (unpaired) electrons. The van der Waals surface area contributed by atoms with E-state index < -0.39 is 6.04 Å². The van der Waals surface area contributed by atoms with Crippen molar-refractivity contribution in [2.24, 2.45) is 0 Å². The van der Waals surface area contributed by atoms with Gasteiger partial charge in [0.2, 0.25) is 0 Å². The summed E-state index contributed by atoms with van der Waals surface area (Å²) in [6.07, 6.45) is 0. The number of hydrazine groups is 1. The van der Waals surface area contributed by atoms with Crippen molar-refractivity contribution in [3.8, 4) is 0 Å². The molecule has 1 saturated heterocycles. The van der Waals surface area contributed by atoms with Crippen LogP contribution >= 0.6 is 0 Å². The molecule has 3 N–H and O–H groups in total. The van der Waals surface area contributed by atoms with Crippen LogP contribution in [0.2, 0.25) is 0 Å². The van der Waals surface area contributed by atoms with Crippen molar-refractivity contribution in [3.05, 3.63) is 71.3 Å². The molecule has 2 atom stereocenters. The summed E-state index contributed by atoms with van der Waals surface area (Å²) < 4.78 is 0. The average Bonchev–Trinajstić information content (AvgIpc) is 2.90. The van der Waals surface area contributed by atoms with E-state index in [9.17, 15) is 9.59 Å². The van der Waals surface area contributed by atoms with Crippen molar-refractivity contribution < 1.29 is 9.59 Å². The first-order chi connectivity index (χ1) is 10.6. The molecule has 112 valence electrons. The second-order valence-corrected chi connectivity index (χ2v) is 5.34. The Morgan fingerprint density at radius 1 is 1.05 bits per heavy atom. The van der Waals surface area contributed by atoms with Crippen LogP contribution in [-0.4, -0.2) is 17.9 Å². The minimum Gasteiger partial charge on any atom is -0.338 e. The van der Waals surface area contributed by atoms with Gasteiger partial charge in [0.15, 0.2) is 0 Å². The topological polar surface area (TPSA) is 70.2 Å². The molecule has 0 aliphatic carbocycles. The number of carbonyl (C=O) groups excluding carboxylic acids is 2. The van der Waals surface area contributed by atoms with E-state index in [2.05, 4.69) is 16.2 Å². The molecule has 5 heteroatoms. The van der Waals surface area contributed by atoms with Gasteiger partial charge in [-0.3, -0.25) is 15.0 Å². The van der Waals surface area contributed by atoms with Crippen molar-refractivity contribution in [2.75, 3.05) is 0 Å². The van der Waals surface area contributed by atoms with E-state index in [0.29, 0.717) is 5.56 Å². The maximum absolute atomic E-state index is 12.3. The first-order valence-electron chi connectivity index (χ1n) is 7.13. The Hall–Kier alpha value is -2.66. The molecule has 1 fully saturated rings. The fourth-order valence-electron chi connectivity index (χ4n) is 2.47. The quantitative estimate of drug-likeness (QED) is 0.803. The Labute approximate surface area is 128 Å². The van der Waals surface area contributed by atoms with Crippen LogP contribution in [0.25, 0.3) is 0 Å². The number of rotatable bonds is 3. The fraction of sp³-hybridized carbons (Fsp3) is 0.176. The van der Waals surface area contributed by atoms with Crippen molar-refractivity contribution in [2.45, 2.75) is 19.0 Å². The molecule has 0 aromatic heterocycles. The van der Waals surface area contributed by atoms with Crippen LogP contribution in [0.15, 0.2) is 54.6 Å². The van der Waals surface area contributed by atoms with Gasteiger partial charge in [-0.15, -0.1) is 0 Å². The standard InChI is InChI=1S/C17H17N3O2/c1-11-7-9-12(10-8-11)14-15(17(22)20-19-14)18-16(21)13-5-3-2-4-6-13/h2-10,14-15,19H,1H3,(H,18,21)(H,20,22)/t14-,15-/m1/s1. The molecule has 0 unspecified atom stereocenters. The Morgan fingerprint density at radius 3 is 2.41 bits per heavy atom. The third kappa shape index (κ3) is 2.84. The maximum Gasteiger partial charge on any atom is 0.258 e. The Morgan fingerprint density at radius 2 is 1.73 bits per heavy atom. The third-order valence-electron chi connectivity index (χ3n) is 3.73. The highest BCUT2D eigenvalue weighted by molar-refractivity contribution is 5.98. The zero-order chi connectivity index (χ0) is 15.5. The fourth-order valence-corrected chi connectivity index (χ4v) is 2.47. The van der Waals surface area contributed by atoms with E-state index in [4.69, 9.17) is 0 Å². The maximum atomic E-state index is 12.3. The number of hydrogen-bond acceptors (Lipinski definition) is 3. The highest BCUT2D eigenvalue weighted by Gasteiger charge is 2.36. The van der Waals surface area contributed by atoms with Gasteiger partial charge >= 0.3 is 0 Å².